The molecule has 1 aromatic rings. The van der Waals surface area contributed by atoms with Crippen LogP contribution in [0.5, 0.6) is 0 Å². The zero-order chi connectivity index (χ0) is 23.3. The maximum Gasteiger partial charge on any atom is 0.408 e. The van der Waals surface area contributed by atoms with Crippen LogP contribution in [0.15, 0.2) is 30.3 Å². The Morgan fingerprint density at radius 3 is 2.28 bits per heavy atom. The fraction of sp³-hybridized carbons (Fsp3) is 0.640. The number of hydrogen-bond acceptors (Lipinski definition) is 4. The van der Waals surface area contributed by atoms with Crippen LogP contribution in [0.4, 0.5) is 4.79 Å². The minimum Gasteiger partial charge on any atom is -0.444 e. The number of carbonyl (C=O) groups is 3. The highest BCUT2D eigenvalue weighted by atomic mass is 16.6. The van der Waals surface area contributed by atoms with Crippen LogP contribution < -0.4 is 10.6 Å². The molecule has 0 saturated heterocycles. The minimum absolute atomic E-state index is 0.0229. The Bertz CT molecular complexity index is 799. The van der Waals surface area contributed by atoms with Crippen molar-refractivity contribution in [1.29, 1.82) is 0 Å². The lowest BCUT2D eigenvalue weighted by atomic mass is 9.94. The summed E-state index contributed by atoms with van der Waals surface area (Å²) >= 11 is 0. The molecule has 3 amide bonds. The third-order valence-electron chi connectivity index (χ3n) is 6.09. The molecular weight excluding hydrogens is 406 g/mol. The fourth-order valence-corrected chi connectivity index (χ4v) is 4.36. The van der Waals surface area contributed by atoms with Crippen LogP contribution in [0.3, 0.4) is 0 Å². The van der Waals surface area contributed by atoms with Gasteiger partial charge in [0.15, 0.2) is 0 Å². The molecule has 7 nitrogen and oxygen atoms in total. The summed E-state index contributed by atoms with van der Waals surface area (Å²) < 4.78 is 5.26. The second-order valence-electron chi connectivity index (χ2n) is 10.1. The molecule has 2 aliphatic carbocycles. The van der Waals surface area contributed by atoms with Crippen LogP contribution in [-0.4, -0.2) is 47.0 Å². The molecule has 0 heterocycles. The van der Waals surface area contributed by atoms with Crippen LogP contribution in [0.25, 0.3) is 0 Å². The predicted octanol–water partition coefficient (Wildman–Crippen LogP) is 3.94. The van der Waals surface area contributed by atoms with Crippen molar-refractivity contribution in [3.63, 3.8) is 0 Å². The average Bonchev–Trinajstić information content (AvgIpc) is 3.46. The summed E-state index contributed by atoms with van der Waals surface area (Å²) in [4.78, 5) is 40.6. The van der Waals surface area contributed by atoms with Gasteiger partial charge in [-0.1, -0.05) is 56.5 Å². The molecule has 2 aliphatic rings. The van der Waals surface area contributed by atoms with Crippen molar-refractivity contribution >= 4 is 17.9 Å². The summed E-state index contributed by atoms with van der Waals surface area (Å²) in [5.41, 5.74) is 0.134. The van der Waals surface area contributed by atoms with Crippen LogP contribution in [-0.2, 0) is 14.3 Å². The topological polar surface area (TPSA) is 87.7 Å². The molecule has 3 rings (SSSR count). The molecule has 1 aromatic carbocycles. The molecule has 3 unspecified atom stereocenters. The van der Waals surface area contributed by atoms with E-state index >= 15 is 0 Å². The highest BCUT2D eigenvalue weighted by Crippen LogP contribution is 2.40. The van der Waals surface area contributed by atoms with Crippen molar-refractivity contribution in [2.75, 3.05) is 6.54 Å². The number of nitrogens with one attached hydrogen (secondary N) is 2. The maximum atomic E-state index is 13.5. The molecule has 3 atom stereocenters. The van der Waals surface area contributed by atoms with Gasteiger partial charge >= 0.3 is 6.09 Å². The van der Waals surface area contributed by atoms with E-state index in [-0.39, 0.29) is 30.4 Å². The predicted molar refractivity (Wildman–Crippen MR) is 123 cm³/mol. The lowest BCUT2D eigenvalue weighted by Gasteiger charge is -2.34. The molecule has 0 aliphatic heterocycles. The van der Waals surface area contributed by atoms with Crippen molar-refractivity contribution in [1.82, 2.24) is 15.5 Å². The molecule has 0 bridgehead atoms. The first kappa shape index (κ1) is 24.1. The van der Waals surface area contributed by atoms with E-state index in [9.17, 15) is 14.4 Å². The van der Waals surface area contributed by atoms with Gasteiger partial charge in [-0.2, -0.15) is 0 Å². The summed E-state index contributed by atoms with van der Waals surface area (Å²) in [5.74, 6) is -0.111. The monoisotopic (exact) mass is 443 g/mol. The van der Waals surface area contributed by atoms with Crippen molar-refractivity contribution in [3.05, 3.63) is 35.9 Å². The van der Waals surface area contributed by atoms with E-state index in [4.69, 9.17) is 4.74 Å². The third kappa shape index (κ3) is 6.71. The van der Waals surface area contributed by atoms with E-state index in [1.165, 1.54) is 6.42 Å². The van der Waals surface area contributed by atoms with E-state index in [1.807, 2.05) is 30.3 Å². The standard InChI is InChI=1S/C25H37N3O4/c1-17-15-20(17)28(21(29)16-26-24(31)32-25(2,3)4)22(18-11-7-5-8-12-18)23(30)27-19-13-9-6-10-14-19/h5,7-8,11-12,17,19-20,22H,6,9-10,13-16H2,1-4H3,(H,26,31)(H,27,30). The Labute approximate surface area is 191 Å². The summed E-state index contributed by atoms with van der Waals surface area (Å²) in [6.07, 6.45) is 5.58. The highest BCUT2D eigenvalue weighted by Gasteiger charge is 2.46. The van der Waals surface area contributed by atoms with Gasteiger partial charge in [-0.15, -0.1) is 0 Å². The molecule has 0 spiro atoms. The molecular formula is C25H37N3O4. The van der Waals surface area contributed by atoms with Crippen LogP contribution in [0, 0.1) is 5.92 Å². The average molecular weight is 444 g/mol. The third-order valence-corrected chi connectivity index (χ3v) is 6.09. The summed E-state index contributed by atoms with van der Waals surface area (Å²) in [7, 11) is 0. The number of nitrogens with zero attached hydrogens (tertiary/aromatic N) is 1. The van der Waals surface area contributed by atoms with Gasteiger partial charge in [0.2, 0.25) is 11.8 Å². The first-order valence-corrected chi connectivity index (χ1v) is 11.8. The van der Waals surface area contributed by atoms with Gasteiger partial charge in [0, 0.05) is 12.1 Å². The lowest BCUT2D eigenvalue weighted by Crippen LogP contribution is -2.50. The lowest BCUT2D eigenvalue weighted by molar-refractivity contribution is -0.141. The molecule has 32 heavy (non-hydrogen) atoms. The summed E-state index contributed by atoms with van der Waals surface area (Å²) in [6, 6.07) is 8.85. The van der Waals surface area contributed by atoms with Gasteiger partial charge in [0.25, 0.3) is 0 Å². The van der Waals surface area contributed by atoms with Crippen molar-refractivity contribution < 1.29 is 19.1 Å². The van der Waals surface area contributed by atoms with Gasteiger partial charge in [0.05, 0.1) is 0 Å². The number of hydrogen-bond donors (Lipinski definition) is 2. The zero-order valence-corrected chi connectivity index (χ0v) is 19.7. The number of ether oxygens (including phenoxy) is 1. The summed E-state index contributed by atoms with van der Waals surface area (Å²) in [5, 5.41) is 5.76. The molecule has 2 fully saturated rings. The Morgan fingerprint density at radius 2 is 1.72 bits per heavy atom. The number of alkyl carbamates (subject to hydrolysis) is 1. The number of benzene rings is 1. The summed E-state index contributed by atoms with van der Waals surface area (Å²) in [6.45, 7) is 7.18. The second-order valence-corrected chi connectivity index (χ2v) is 10.1. The van der Waals surface area contributed by atoms with E-state index in [1.54, 1.807) is 25.7 Å². The van der Waals surface area contributed by atoms with E-state index in [0.29, 0.717) is 5.92 Å². The van der Waals surface area contributed by atoms with Crippen LogP contribution >= 0.6 is 0 Å². The maximum absolute atomic E-state index is 13.5. The Morgan fingerprint density at radius 1 is 1.09 bits per heavy atom. The SMILES string of the molecule is CC1CC1N(C(=O)CNC(=O)OC(C)(C)C)C(C(=O)NC1CCCCC1)c1ccccc1. The molecule has 0 aromatic heterocycles. The quantitative estimate of drug-likeness (QED) is 0.668. The number of amides is 3. The fourth-order valence-electron chi connectivity index (χ4n) is 4.36. The highest BCUT2D eigenvalue weighted by molar-refractivity contribution is 5.91. The molecule has 2 N–H and O–H groups in total. The molecule has 176 valence electrons. The van der Waals surface area contributed by atoms with Gasteiger partial charge in [-0.25, -0.2) is 4.79 Å². The first-order valence-electron chi connectivity index (χ1n) is 11.8. The largest absolute Gasteiger partial charge is 0.444 e. The zero-order valence-electron chi connectivity index (χ0n) is 19.7. The smallest absolute Gasteiger partial charge is 0.408 e. The van der Waals surface area contributed by atoms with Gasteiger partial charge in [-0.3, -0.25) is 9.59 Å². The normalized spacial score (nSPS) is 21.9. The number of carbonyl (C=O) groups excluding carboxylic acids is 3. The molecule has 0 radical (unpaired) electrons. The van der Waals surface area contributed by atoms with Gasteiger partial charge in [0.1, 0.15) is 18.2 Å². The first-order chi connectivity index (χ1) is 15.2. The van der Waals surface area contributed by atoms with Crippen LogP contribution in [0.2, 0.25) is 0 Å². The van der Waals surface area contributed by atoms with Gasteiger partial charge in [-0.05, 0) is 51.5 Å². The number of rotatable bonds is 7. The van der Waals surface area contributed by atoms with Crippen molar-refractivity contribution in [2.24, 2.45) is 5.92 Å². The van der Waals surface area contributed by atoms with E-state index in [0.717, 1.165) is 37.7 Å². The van der Waals surface area contributed by atoms with Crippen molar-refractivity contribution in [2.45, 2.75) is 89.9 Å². The van der Waals surface area contributed by atoms with Crippen LogP contribution in [0.1, 0.15) is 77.8 Å². The Balaban J connectivity index is 1.79. The molecule has 2 saturated carbocycles. The van der Waals surface area contributed by atoms with E-state index < -0.39 is 17.7 Å². The Kier molecular flexibility index (Phi) is 7.80. The Hall–Kier alpha value is -2.57. The second kappa shape index (κ2) is 10.4. The minimum atomic E-state index is -0.721. The molecule has 7 heteroatoms. The van der Waals surface area contributed by atoms with E-state index in [2.05, 4.69) is 17.6 Å². The van der Waals surface area contributed by atoms with Crippen molar-refractivity contribution in [3.8, 4) is 0 Å². The van der Waals surface area contributed by atoms with Gasteiger partial charge < -0.3 is 20.3 Å².